The molecule has 2 aromatic rings. The molecule has 0 bridgehead atoms. The summed E-state index contributed by atoms with van der Waals surface area (Å²) in [6.07, 6.45) is 40.7. The van der Waals surface area contributed by atoms with E-state index in [4.69, 9.17) is 7.56 Å². The van der Waals surface area contributed by atoms with E-state index < -0.39 is 38.4 Å². The number of aryl methyl sites for hydroxylation is 2. The molecule has 0 aliphatic heterocycles. The summed E-state index contributed by atoms with van der Waals surface area (Å²) in [5.74, 6) is 2.38. The van der Waals surface area contributed by atoms with Crippen LogP contribution in [-0.2, 0) is 27.1 Å². The first-order valence-corrected chi connectivity index (χ1v) is 39.9. The van der Waals surface area contributed by atoms with Crippen molar-refractivity contribution in [1.82, 2.24) is 0 Å². The van der Waals surface area contributed by atoms with Crippen LogP contribution in [0.25, 0.3) is 0 Å². The molecule has 0 aliphatic rings. The minimum atomic E-state index is -3.93. The molecular weight excluding hydrogens is 958 g/mol. The zero-order valence-electron chi connectivity index (χ0n) is 42.1. The molecule has 0 saturated heterocycles. The van der Waals surface area contributed by atoms with E-state index in [-0.39, 0.29) is 0 Å². The van der Waals surface area contributed by atoms with E-state index in [1.807, 2.05) is 0 Å². The fraction of sp³-hybridized carbons (Fsp3) is 0.786. The van der Waals surface area contributed by atoms with Gasteiger partial charge in [-0.3, -0.25) is 0 Å². The van der Waals surface area contributed by atoms with Crippen molar-refractivity contribution in [2.24, 2.45) is 0 Å². The summed E-state index contributed by atoms with van der Waals surface area (Å²) in [4.78, 5) is 0. The van der Waals surface area contributed by atoms with Crippen molar-refractivity contribution < 1.29 is 7.56 Å². The number of benzene rings is 2. The molecule has 61 heavy (non-hydrogen) atoms. The third-order valence-corrected chi connectivity index (χ3v) is 45.9. The van der Waals surface area contributed by atoms with E-state index in [9.17, 15) is 0 Å². The van der Waals surface area contributed by atoms with Crippen LogP contribution in [0.5, 0.6) is 11.5 Å². The van der Waals surface area contributed by atoms with Crippen LogP contribution >= 0.6 is 0 Å². The van der Waals surface area contributed by atoms with Gasteiger partial charge in [-0.1, -0.05) is 0 Å². The van der Waals surface area contributed by atoms with Crippen molar-refractivity contribution in [3.8, 4) is 11.5 Å². The third-order valence-electron chi connectivity index (χ3n) is 13.4. The molecular formula is C56H102O3Sn2. The molecule has 0 aliphatic carbocycles. The monoisotopic (exact) mass is 1060 g/mol. The molecule has 3 nitrogen and oxygen atoms in total. The van der Waals surface area contributed by atoms with Gasteiger partial charge < -0.3 is 0 Å². The Morgan fingerprint density at radius 2 is 0.607 bits per heavy atom. The molecule has 0 N–H and O–H groups in total. The van der Waals surface area contributed by atoms with Crippen molar-refractivity contribution in [3.63, 3.8) is 0 Å². The quantitative estimate of drug-likeness (QED) is 0.0490. The van der Waals surface area contributed by atoms with Gasteiger partial charge in [-0.25, -0.2) is 0 Å². The second-order valence-electron chi connectivity index (χ2n) is 18.9. The molecule has 0 saturated carbocycles. The van der Waals surface area contributed by atoms with Crippen LogP contribution in [0, 0.1) is 0 Å². The Labute approximate surface area is 391 Å². The molecule has 0 spiro atoms. The molecule has 2 rings (SSSR count). The average molecular weight is 1060 g/mol. The Morgan fingerprint density at radius 1 is 0.328 bits per heavy atom. The van der Waals surface area contributed by atoms with Crippen molar-refractivity contribution in [2.75, 3.05) is 0 Å². The molecule has 0 unspecified atom stereocenters. The van der Waals surface area contributed by atoms with Crippen LogP contribution in [0.1, 0.15) is 257 Å². The topological polar surface area (TPSA) is 27.7 Å². The summed E-state index contributed by atoms with van der Waals surface area (Å²) in [5, 5.41) is 0. The van der Waals surface area contributed by atoms with Crippen LogP contribution in [0.3, 0.4) is 0 Å². The van der Waals surface area contributed by atoms with E-state index in [0.29, 0.717) is 0 Å². The molecule has 0 radical (unpaired) electrons. The summed E-state index contributed by atoms with van der Waals surface area (Å²) in [7, 11) is 0. The standard InChI is InChI=1S/2C12H18O.4C8H17.O.2Sn/c2*1-3-5-8-11-10(4-2)7-6-9-12(11)13;4*1-3-5-7-8-6-4-2;;;/h2*6-7,9,13H,3-5,8H2,1-2H3;4*1,3-8H2,2H3;;;/q;;;;;;;2*+1/p-2. The molecule has 0 atom stereocenters. The zero-order valence-corrected chi connectivity index (χ0v) is 47.9. The van der Waals surface area contributed by atoms with Gasteiger partial charge >= 0.3 is 395 Å². The second kappa shape index (κ2) is 36.8. The van der Waals surface area contributed by atoms with Gasteiger partial charge in [0.05, 0.1) is 0 Å². The summed E-state index contributed by atoms with van der Waals surface area (Å²) in [6, 6.07) is 14.1. The second-order valence-corrected chi connectivity index (χ2v) is 40.7. The van der Waals surface area contributed by atoms with Crippen LogP contribution < -0.4 is 6.15 Å². The van der Waals surface area contributed by atoms with Gasteiger partial charge in [-0.15, -0.1) is 0 Å². The summed E-state index contributed by atoms with van der Waals surface area (Å²) >= 11 is -7.86. The summed E-state index contributed by atoms with van der Waals surface area (Å²) in [5.41, 5.74) is 5.92. The van der Waals surface area contributed by atoms with Crippen LogP contribution in [0.2, 0.25) is 17.7 Å². The molecule has 352 valence electrons. The normalized spacial score (nSPS) is 12.1. The van der Waals surface area contributed by atoms with Gasteiger partial charge in [-0.05, 0) is 0 Å². The molecule has 5 heteroatoms. The Kier molecular flexibility index (Phi) is 34.2. The van der Waals surface area contributed by atoms with Crippen LogP contribution in [0.4, 0.5) is 0 Å². The third kappa shape index (κ3) is 23.6. The molecule has 2 aromatic carbocycles. The van der Waals surface area contributed by atoms with Crippen LogP contribution in [0.15, 0.2) is 36.4 Å². The van der Waals surface area contributed by atoms with E-state index >= 15 is 0 Å². The van der Waals surface area contributed by atoms with E-state index in [0.717, 1.165) is 25.7 Å². The minimum absolute atomic E-state index is 1.06. The first-order chi connectivity index (χ1) is 29.9. The average Bonchev–Trinajstić information content (AvgIpc) is 3.27. The van der Waals surface area contributed by atoms with E-state index in [2.05, 4.69) is 91.8 Å². The van der Waals surface area contributed by atoms with Gasteiger partial charge in [0.2, 0.25) is 0 Å². The van der Waals surface area contributed by atoms with Crippen molar-refractivity contribution >= 4 is 38.4 Å². The van der Waals surface area contributed by atoms with E-state index in [1.54, 1.807) is 0 Å². The predicted octanol–water partition coefficient (Wildman–Crippen LogP) is 19.3. The predicted molar refractivity (Wildman–Crippen MR) is 275 cm³/mol. The Balaban J connectivity index is 2.86. The Bertz CT molecular complexity index is 1200. The van der Waals surface area contributed by atoms with Crippen LogP contribution in [-0.4, -0.2) is 38.4 Å². The number of hydrogen-bond acceptors (Lipinski definition) is 3. The van der Waals surface area contributed by atoms with Gasteiger partial charge in [0, 0.05) is 0 Å². The Hall–Kier alpha value is -0.403. The maximum atomic E-state index is 8.59. The molecule has 0 aromatic heterocycles. The molecule has 0 heterocycles. The Morgan fingerprint density at radius 3 is 0.885 bits per heavy atom. The van der Waals surface area contributed by atoms with Gasteiger partial charge in [-0.2, -0.15) is 0 Å². The number of hydrogen-bond donors (Lipinski definition) is 0. The SMILES string of the molecule is CCCCCCC[CH2][Sn]([CH2]CCCCCCC)([O]c1cccc(CC)c1CCCC)[O][Sn]([CH2]CCCCCCC)([CH2]CCCCCCC)[O]c1cccc(CC)c1CCCC. The fourth-order valence-corrected chi connectivity index (χ4v) is 50.2. The zero-order chi connectivity index (χ0) is 44.3. The van der Waals surface area contributed by atoms with Gasteiger partial charge in [0.25, 0.3) is 0 Å². The summed E-state index contributed by atoms with van der Waals surface area (Å²) < 4.78 is 29.4. The van der Waals surface area contributed by atoms with Crippen molar-refractivity contribution in [2.45, 2.75) is 279 Å². The first kappa shape index (κ1) is 56.7. The van der Waals surface area contributed by atoms with Gasteiger partial charge in [0.15, 0.2) is 0 Å². The first-order valence-electron chi connectivity index (χ1n) is 27.2. The molecule has 0 fully saturated rings. The number of unbranched alkanes of at least 4 members (excludes halogenated alkanes) is 22. The van der Waals surface area contributed by atoms with E-state index in [1.165, 1.54) is 231 Å². The van der Waals surface area contributed by atoms with Crippen molar-refractivity contribution in [1.29, 1.82) is 0 Å². The maximum absolute atomic E-state index is 8.59. The molecule has 0 amide bonds. The van der Waals surface area contributed by atoms with Gasteiger partial charge in [0.1, 0.15) is 0 Å². The van der Waals surface area contributed by atoms with Crippen molar-refractivity contribution in [3.05, 3.63) is 58.7 Å². The fourth-order valence-electron chi connectivity index (χ4n) is 9.49. The number of rotatable bonds is 42. The summed E-state index contributed by atoms with van der Waals surface area (Å²) in [6.45, 7) is 18.7.